The lowest BCUT2D eigenvalue weighted by molar-refractivity contribution is 0.0950. The Hall–Kier alpha value is -2.50. The molecule has 0 aliphatic rings. The van der Waals surface area contributed by atoms with Crippen molar-refractivity contribution in [1.82, 2.24) is 15.5 Å². The Morgan fingerprint density at radius 2 is 2.00 bits per heavy atom. The van der Waals surface area contributed by atoms with Gasteiger partial charge in [-0.25, -0.2) is 0 Å². The van der Waals surface area contributed by atoms with E-state index in [4.69, 9.17) is 0 Å². The Bertz CT molecular complexity index is 715. The molecule has 1 heterocycles. The van der Waals surface area contributed by atoms with Crippen molar-refractivity contribution >= 4 is 11.6 Å². The van der Waals surface area contributed by atoms with Gasteiger partial charge in [-0.3, -0.25) is 14.7 Å². The van der Waals surface area contributed by atoms with Crippen LogP contribution in [0.5, 0.6) is 0 Å². The summed E-state index contributed by atoms with van der Waals surface area (Å²) in [6, 6.07) is 5.58. The van der Waals surface area contributed by atoms with E-state index in [0.29, 0.717) is 17.5 Å². The first kappa shape index (κ1) is 15.9. The largest absolute Gasteiger partial charge is 0.385 e. The van der Waals surface area contributed by atoms with Gasteiger partial charge in [-0.15, -0.1) is 0 Å². The molecule has 2 aromatic rings. The lowest BCUT2D eigenvalue weighted by Gasteiger charge is -2.12. The van der Waals surface area contributed by atoms with E-state index in [0.717, 1.165) is 23.5 Å². The van der Waals surface area contributed by atoms with Gasteiger partial charge in [0, 0.05) is 23.5 Å². The molecule has 0 saturated heterocycles. The number of carbonyl (C=O) groups is 1. The SMILES string of the molecule is CCNc1cccc(C(=O)NCc2c(CC)[nH][nH]c2=O)c1C. The molecule has 0 unspecified atom stereocenters. The fourth-order valence-electron chi connectivity index (χ4n) is 2.44. The molecule has 6 heteroatoms. The summed E-state index contributed by atoms with van der Waals surface area (Å²) in [5, 5.41) is 11.4. The maximum Gasteiger partial charge on any atom is 0.269 e. The van der Waals surface area contributed by atoms with E-state index in [-0.39, 0.29) is 18.0 Å². The summed E-state index contributed by atoms with van der Waals surface area (Å²) in [6.45, 7) is 6.88. The van der Waals surface area contributed by atoms with E-state index in [9.17, 15) is 9.59 Å². The van der Waals surface area contributed by atoms with Crippen LogP contribution in [0.1, 0.15) is 41.0 Å². The number of amides is 1. The number of nitrogens with one attached hydrogen (secondary N) is 4. The summed E-state index contributed by atoms with van der Waals surface area (Å²) in [5.41, 5.74) is 3.68. The number of carbonyl (C=O) groups excluding carboxylic acids is 1. The molecule has 118 valence electrons. The van der Waals surface area contributed by atoms with Crippen molar-refractivity contribution in [2.45, 2.75) is 33.7 Å². The number of hydrogen-bond donors (Lipinski definition) is 4. The minimum atomic E-state index is -0.185. The van der Waals surface area contributed by atoms with Gasteiger partial charge in [0.2, 0.25) is 0 Å². The molecule has 4 N–H and O–H groups in total. The van der Waals surface area contributed by atoms with Crippen LogP contribution in [0, 0.1) is 6.92 Å². The molecule has 0 saturated carbocycles. The second-order valence-corrected chi connectivity index (χ2v) is 5.08. The van der Waals surface area contributed by atoms with Gasteiger partial charge < -0.3 is 15.7 Å². The third kappa shape index (κ3) is 3.21. The highest BCUT2D eigenvalue weighted by Crippen LogP contribution is 2.18. The predicted molar refractivity (Wildman–Crippen MR) is 87.3 cm³/mol. The summed E-state index contributed by atoms with van der Waals surface area (Å²) in [6.07, 6.45) is 0.707. The van der Waals surface area contributed by atoms with Gasteiger partial charge >= 0.3 is 0 Å². The minimum Gasteiger partial charge on any atom is -0.385 e. The normalized spacial score (nSPS) is 10.5. The quantitative estimate of drug-likeness (QED) is 0.657. The molecule has 6 nitrogen and oxygen atoms in total. The Labute approximate surface area is 129 Å². The standard InChI is InChI=1S/C16H22N4O2/c1-4-13-12(16(22)20-19-13)9-18-15(21)11-7-6-8-14(10(11)3)17-5-2/h6-8,17H,4-5,9H2,1-3H3,(H,18,21)(H2,19,20,22). The van der Waals surface area contributed by atoms with Gasteiger partial charge in [0.05, 0.1) is 12.1 Å². The molecule has 0 bridgehead atoms. The minimum absolute atomic E-state index is 0.181. The smallest absolute Gasteiger partial charge is 0.269 e. The molecular formula is C16H22N4O2. The molecule has 0 fully saturated rings. The second kappa shape index (κ2) is 6.98. The van der Waals surface area contributed by atoms with Crippen molar-refractivity contribution in [2.75, 3.05) is 11.9 Å². The fourth-order valence-corrected chi connectivity index (χ4v) is 2.44. The third-order valence-electron chi connectivity index (χ3n) is 3.69. The van der Waals surface area contributed by atoms with Crippen molar-refractivity contribution in [2.24, 2.45) is 0 Å². The van der Waals surface area contributed by atoms with Gasteiger partial charge in [-0.1, -0.05) is 13.0 Å². The molecule has 1 aromatic heterocycles. The van der Waals surface area contributed by atoms with Crippen molar-refractivity contribution in [3.8, 4) is 0 Å². The van der Waals surface area contributed by atoms with E-state index in [2.05, 4.69) is 20.8 Å². The Morgan fingerprint density at radius 1 is 1.23 bits per heavy atom. The van der Waals surface area contributed by atoms with Gasteiger partial charge in [0.25, 0.3) is 11.5 Å². The van der Waals surface area contributed by atoms with Crippen LogP contribution >= 0.6 is 0 Å². The van der Waals surface area contributed by atoms with Gasteiger partial charge in [-0.2, -0.15) is 0 Å². The highest BCUT2D eigenvalue weighted by Gasteiger charge is 2.14. The summed E-state index contributed by atoms with van der Waals surface area (Å²) in [4.78, 5) is 24.1. The van der Waals surface area contributed by atoms with Crippen molar-refractivity contribution in [3.63, 3.8) is 0 Å². The van der Waals surface area contributed by atoms with Gasteiger partial charge in [0.1, 0.15) is 0 Å². The van der Waals surface area contributed by atoms with Gasteiger partial charge in [0.15, 0.2) is 0 Å². The van der Waals surface area contributed by atoms with Crippen LogP contribution < -0.4 is 16.2 Å². The van der Waals surface area contributed by atoms with Crippen LogP contribution in [-0.2, 0) is 13.0 Å². The summed E-state index contributed by atoms with van der Waals surface area (Å²) >= 11 is 0. The van der Waals surface area contributed by atoms with Crippen molar-refractivity contribution < 1.29 is 4.79 Å². The monoisotopic (exact) mass is 302 g/mol. The highest BCUT2D eigenvalue weighted by molar-refractivity contribution is 5.97. The molecule has 2 rings (SSSR count). The number of H-pyrrole nitrogens is 2. The maximum atomic E-state index is 12.4. The highest BCUT2D eigenvalue weighted by atomic mass is 16.2. The van der Waals surface area contributed by atoms with Gasteiger partial charge in [-0.05, 0) is 38.0 Å². The lowest BCUT2D eigenvalue weighted by atomic mass is 10.1. The molecule has 22 heavy (non-hydrogen) atoms. The fraction of sp³-hybridized carbons (Fsp3) is 0.375. The average Bonchev–Trinajstić information content (AvgIpc) is 2.87. The topological polar surface area (TPSA) is 89.8 Å². The zero-order valence-electron chi connectivity index (χ0n) is 13.2. The number of aryl methyl sites for hydroxylation is 1. The van der Waals surface area contributed by atoms with E-state index in [1.54, 1.807) is 6.07 Å². The zero-order chi connectivity index (χ0) is 16.1. The van der Waals surface area contributed by atoms with Crippen LogP contribution in [0.25, 0.3) is 0 Å². The number of aromatic nitrogens is 2. The first-order valence-electron chi connectivity index (χ1n) is 7.48. The maximum absolute atomic E-state index is 12.4. The third-order valence-corrected chi connectivity index (χ3v) is 3.69. The van der Waals surface area contributed by atoms with Crippen LogP contribution in [0.3, 0.4) is 0 Å². The Morgan fingerprint density at radius 3 is 2.68 bits per heavy atom. The molecule has 0 radical (unpaired) electrons. The molecule has 0 spiro atoms. The van der Waals surface area contributed by atoms with Crippen LogP contribution in [-0.4, -0.2) is 22.6 Å². The predicted octanol–water partition coefficient (Wildman–Crippen LogP) is 1.94. The van der Waals surface area contributed by atoms with Crippen LogP contribution in [0.4, 0.5) is 5.69 Å². The molecule has 0 aliphatic carbocycles. The van der Waals surface area contributed by atoms with Crippen molar-refractivity contribution in [1.29, 1.82) is 0 Å². The number of anilines is 1. The number of rotatable bonds is 6. The number of aromatic amines is 2. The van der Waals surface area contributed by atoms with Crippen molar-refractivity contribution in [3.05, 3.63) is 50.9 Å². The molecule has 0 aliphatic heterocycles. The second-order valence-electron chi connectivity index (χ2n) is 5.08. The average molecular weight is 302 g/mol. The molecule has 1 amide bonds. The Kier molecular flexibility index (Phi) is 5.04. The molecule has 0 atom stereocenters. The number of hydrogen-bond acceptors (Lipinski definition) is 3. The first-order chi connectivity index (χ1) is 10.6. The summed E-state index contributed by atoms with van der Waals surface area (Å²) in [5.74, 6) is -0.181. The van der Waals surface area contributed by atoms with E-state index in [1.807, 2.05) is 32.9 Å². The lowest BCUT2D eigenvalue weighted by Crippen LogP contribution is -2.26. The summed E-state index contributed by atoms with van der Waals surface area (Å²) in [7, 11) is 0. The van der Waals surface area contributed by atoms with E-state index < -0.39 is 0 Å². The number of benzene rings is 1. The Balaban J connectivity index is 2.14. The molecule has 1 aromatic carbocycles. The summed E-state index contributed by atoms with van der Waals surface area (Å²) < 4.78 is 0. The zero-order valence-corrected chi connectivity index (χ0v) is 13.2. The van der Waals surface area contributed by atoms with E-state index >= 15 is 0 Å². The molecular weight excluding hydrogens is 280 g/mol. The van der Waals surface area contributed by atoms with Crippen LogP contribution in [0.2, 0.25) is 0 Å². The van der Waals surface area contributed by atoms with Crippen LogP contribution in [0.15, 0.2) is 23.0 Å². The van der Waals surface area contributed by atoms with E-state index in [1.165, 1.54) is 0 Å². The first-order valence-corrected chi connectivity index (χ1v) is 7.48.